The van der Waals surface area contributed by atoms with Crippen LogP contribution in [0.2, 0.25) is 0 Å². The third-order valence-corrected chi connectivity index (χ3v) is 6.66. The molecule has 1 amide bonds. The summed E-state index contributed by atoms with van der Waals surface area (Å²) in [4.78, 5) is 17.7. The van der Waals surface area contributed by atoms with Gasteiger partial charge in [-0.25, -0.2) is 0 Å². The number of hydrogen-bond acceptors (Lipinski definition) is 5. The van der Waals surface area contributed by atoms with Crippen molar-refractivity contribution in [3.8, 4) is 5.75 Å². The molecule has 0 radical (unpaired) electrons. The largest absolute Gasteiger partial charge is 0.490 e. The molecule has 3 heterocycles. The van der Waals surface area contributed by atoms with E-state index in [9.17, 15) is 18.0 Å². The fourth-order valence-corrected chi connectivity index (χ4v) is 4.75. The van der Waals surface area contributed by atoms with Crippen molar-refractivity contribution in [1.82, 2.24) is 9.36 Å². The maximum absolute atomic E-state index is 13.5. The molecular weight excluding hydrogens is 503 g/mol. The summed E-state index contributed by atoms with van der Waals surface area (Å²) in [6, 6.07) is 4.63. The molecule has 0 saturated carbocycles. The molecule has 2 aliphatic rings. The first-order valence-electron chi connectivity index (χ1n) is 12.8. The van der Waals surface area contributed by atoms with E-state index in [0.717, 1.165) is 36.7 Å². The topological polar surface area (TPSA) is 76.2 Å². The Balaban J connectivity index is 1.71. The van der Waals surface area contributed by atoms with Gasteiger partial charge in [0, 0.05) is 30.8 Å². The quantitative estimate of drug-likeness (QED) is 0.537. The molecule has 2 aliphatic heterocycles. The highest BCUT2D eigenvalue weighted by Crippen LogP contribution is 2.33. The molecule has 1 aromatic heterocycles. The Labute approximate surface area is 220 Å². The van der Waals surface area contributed by atoms with Gasteiger partial charge in [0.25, 0.3) is 5.91 Å². The average Bonchev–Trinajstić information content (AvgIpc) is 3.52. The molecule has 2 atom stereocenters. The van der Waals surface area contributed by atoms with Crippen LogP contribution in [0.3, 0.4) is 0 Å². The van der Waals surface area contributed by atoms with E-state index in [-0.39, 0.29) is 36.0 Å². The minimum Gasteiger partial charge on any atom is -0.490 e. The maximum Gasteiger partial charge on any atom is 0.416 e. The van der Waals surface area contributed by atoms with Crippen LogP contribution in [-0.4, -0.2) is 53.1 Å². The van der Waals surface area contributed by atoms with Crippen molar-refractivity contribution in [2.75, 3.05) is 19.8 Å². The SMILES string of the molecule is Cn1c(C(C)(C)C)cc(=NC(=O)c2cc(C(F)(F)F)ccc2OC[C@H]2COC(C)(C)O2)n1C[C@H]1CCCO1. The number of benzene rings is 1. The number of hydrogen-bond donors (Lipinski definition) is 0. The van der Waals surface area contributed by atoms with Crippen molar-refractivity contribution in [3.63, 3.8) is 0 Å². The van der Waals surface area contributed by atoms with Gasteiger partial charge in [0.1, 0.15) is 18.5 Å². The Morgan fingerprint density at radius 2 is 1.92 bits per heavy atom. The molecule has 1 aromatic carbocycles. The highest BCUT2D eigenvalue weighted by molar-refractivity contribution is 5.97. The van der Waals surface area contributed by atoms with Gasteiger partial charge in [0.05, 0.1) is 30.4 Å². The summed E-state index contributed by atoms with van der Waals surface area (Å²) >= 11 is 0. The molecule has 210 valence electrons. The van der Waals surface area contributed by atoms with Crippen LogP contribution in [0.4, 0.5) is 13.2 Å². The lowest BCUT2D eigenvalue weighted by Crippen LogP contribution is -2.30. The molecule has 2 aromatic rings. The molecule has 0 spiro atoms. The van der Waals surface area contributed by atoms with E-state index in [1.54, 1.807) is 19.9 Å². The second-order valence-corrected chi connectivity index (χ2v) is 11.3. The highest BCUT2D eigenvalue weighted by atomic mass is 19.4. The van der Waals surface area contributed by atoms with Crippen molar-refractivity contribution in [3.05, 3.63) is 46.6 Å². The molecule has 0 unspecified atom stereocenters. The Morgan fingerprint density at radius 3 is 2.50 bits per heavy atom. The lowest BCUT2D eigenvalue weighted by atomic mass is 9.92. The van der Waals surface area contributed by atoms with Crippen molar-refractivity contribution < 1.29 is 36.9 Å². The summed E-state index contributed by atoms with van der Waals surface area (Å²) in [5.41, 5.74) is -0.228. The van der Waals surface area contributed by atoms with Crippen molar-refractivity contribution in [2.45, 2.75) is 83.6 Å². The molecular formula is C27H36F3N3O5. The number of aromatic nitrogens is 2. The van der Waals surface area contributed by atoms with Crippen molar-refractivity contribution in [1.29, 1.82) is 0 Å². The predicted octanol–water partition coefficient (Wildman–Crippen LogP) is 4.59. The van der Waals surface area contributed by atoms with Crippen LogP contribution in [-0.2, 0) is 39.4 Å². The van der Waals surface area contributed by atoms with Crippen molar-refractivity contribution >= 4 is 5.91 Å². The van der Waals surface area contributed by atoms with Gasteiger partial charge in [-0.2, -0.15) is 18.2 Å². The zero-order valence-electron chi connectivity index (χ0n) is 22.7. The number of carbonyl (C=O) groups is 1. The fourth-order valence-electron chi connectivity index (χ4n) is 4.75. The summed E-state index contributed by atoms with van der Waals surface area (Å²) in [7, 11) is 1.88. The third kappa shape index (κ3) is 6.50. The minimum absolute atomic E-state index is 0.00212. The van der Waals surface area contributed by atoms with Gasteiger partial charge in [0.15, 0.2) is 11.3 Å². The van der Waals surface area contributed by atoms with Crippen LogP contribution in [0.25, 0.3) is 0 Å². The number of ether oxygens (including phenoxy) is 4. The fraction of sp³-hybridized carbons (Fsp3) is 0.630. The van der Waals surface area contributed by atoms with Gasteiger partial charge in [0.2, 0.25) is 0 Å². The summed E-state index contributed by atoms with van der Waals surface area (Å²) in [5, 5.41) is 0. The molecule has 0 bridgehead atoms. The van der Waals surface area contributed by atoms with Crippen molar-refractivity contribution in [2.24, 2.45) is 12.0 Å². The Bertz CT molecular complexity index is 1230. The van der Waals surface area contributed by atoms with Gasteiger partial charge >= 0.3 is 6.18 Å². The lowest BCUT2D eigenvalue weighted by molar-refractivity contribution is -0.141. The van der Waals surface area contributed by atoms with Gasteiger partial charge in [-0.05, 0) is 44.9 Å². The zero-order valence-corrected chi connectivity index (χ0v) is 22.7. The number of rotatable bonds is 6. The van der Waals surface area contributed by atoms with Crippen LogP contribution in [0.1, 0.15) is 69.1 Å². The van der Waals surface area contributed by atoms with E-state index in [2.05, 4.69) is 4.99 Å². The number of halogens is 3. The summed E-state index contributed by atoms with van der Waals surface area (Å²) in [6.07, 6.45) is -3.26. The average molecular weight is 540 g/mol. The highest BCUT2D eigenvalue weighted by Gasteiger charge is 2.35. The molecule has 0 N–H and O–H groups in total. The number of carbonyl (C=O) groups excluding carboxylic acids is 1. The van der Waals surface area contributed by atoms with E-state index < -0.39 is 29.5 Å². The first-order valence-corrected chi connectivity index (χ1v) is 12.8. The normalized spacial score (nSPS) is 22.3. The first kappa shape index (κ1) is 28.4. The van der Waals surface area contributed by atoms with E-state index >= 15 is 0 Å². The maximum atomic E-state index is 13.5. The van der Waals surface area contributed by atoms with Crippen LogP contribution < -0.4 is 10.2 Å². The molecule has 38 heavy (non-hydrogen) atoms. The van der Waals surface area contributed by atoms with Gasteiger partial charge in [-0.3, -0.25) is 14.2 Å². The minimum atomic E-state index is -4.63. The third-order valence-electron chi connectivity index (χ3n) is 6.66. The van der Waals surface area contributed by atoms with Gasteiger partial charge in [-0.15, -0.1) is 0 Å². The molecule has 11 heteroatoms. The Morgan fingerprint density at radius 1 is 1.18 bits per heavy atom. The number of nitrogens with zero attached hydrogens (tertiary/aromatic N) is 3. The second-order valence-electron chi connectivity index (χ2n) is 11.3. The van der Waals surface area contributed by atoms with Gasteiger partial charge in [-0.1, -0.05) is 20.8 Å². The zero-order chi connectivity index (χ0) is 27.9. The van der Waals surface area contributed by atoms with E-state index in [0.29, 0.717) is 18.6 Å². The van der Waals surface area contributed by atoms with Gasteiger partial charge < -0.3 is 18.9 Å². The molecule has 8 nitrogen and oxygen atoms in total. The van der Waals surface area contributed by atoms with Crippen LogP contribution in [0, 0.1) is 0 Å². The van der Waals surface area contributed by atoms with E-state index in [1.807, 2.05) is 37.2 Å². The van der Waals surface area contributed by atoms with E-state index in [1.165, 1.54) is 0 Å². The monoisotopic (exact) mass is 539 g/mol. The predicted molar refractivity (Wildman–Crippen MR) is 133 cm³/mol. The Kier molecular flexibility index (Phi) is 7.84. The van der Waals surface area contributed by atoms with Crippen LogP contribution in [0.5, 0.6) is 5.75 Å². The summed E-state index contributed by atoms with van der Waals surface area (Å²) < 4.78 is 67.2. The molecule has 0 aliphatic carbocycles. The first-order chi connectivity index (χ1) is 17.6. The molecule has 2 saturated heterocycles. The van der Waals surface area contributed by atoms with Crippen LogP contribution >= 0.6 is 0 Å². The lowest BCUT2D eigenvalue weighted by Gasteiger charge is -2.21. The Hall–Kier alpha value is -2.63. The smallest absolute Gasteiger partial charge is 0.416 e. The summed E-state index contributed by atoms with van der Waals surface area (Å²) in [5.74, 6) is -1.61. The molecule has 2 fully saturated rings. The van der Waals surface area contributed by atoms with Crippen LogP contribution in [0.15, 0.2) is 29.3 Å². The summed E-state index contributed by atoms with van der Waals surface area (Å²) in [6.45, 7) is 11.1. The van der Waals surface area contributed by atoms with E-state index in [4.69, 9.17) is 18.9 Å². The molecule has 4 rings (SSSR count). The number of amides is 1. The standard InChI is InChI=1S/C27H36F3N3O5/c1-25(2,3)22-13-23(33(32(22)6)14-18-8-7-11-35-18)31-24(34)20-12-17(27(28,29)30)9-10-21(20)36-15-19-16-37-26(4,5)38-19/h9-10,12-13,18-19H,7-8,11,14-16H2,1-6H3/t18-,19+/m1/s1. The number of alkyl halides is 3. The second kappa shape index (κ2) is 10.5.